The van der Waals surface area contributed by atoms with Crippen LogP contribution in [0.3, 0.4) is 0 Å². The molecule has 0 bridgehead atoms. The van der Waals surface area contributed by atoms with E-state index in [4.69, 9.17) is 5.11 Å². The molecule has 1 saturated heterocycles. The lowest BCUT2D eigenvalue weighted by Crippen LogP contribution is -2.24. The SMILES string of the molecule is COC(=O)CCCCCC[C@H]1[C@@H](C=CCCCCCCO)[C@@H](O)CS1(=O)=O. The predicted molar refractivity (Wildman–Crippen MR) is 106 cm³/mol. The fourth-order valence-corrected chi connectivity index (χ4v) is 5.86. The van der Waals surface area contributed by atoms with E-state index in [0.29, 0.717) is 12.8 Å². The molecular weight excluding hydrogens is 368 g/mol. The average Bonchev–Trinajstić information content (AvgIpc) is 2.84. The van der Waals surface area contributed by atoms with Gasteiger partial charge in [-0.3, -0.25) is 4.79 Å². The highest BCUT2D eigenvalue weighted by atomic mass is 32.2. The van der Waals surface area contributed by atoms with Crippen LogP contribution >= 0.6 is 0 Å². The first kappa shape index (κ1) is 24.1. The zero-order chi connectivity index (χ0) is 20.1. The zero-order valence-corrected chi connectivity index (χ0v) is 17.3. The Morgan fingerprint density at radius 1 is 1.07 bits per heavy atom. The number of ether oxygens (including phenoxy) is 1. The number of aliphatic hydroxyl groups excluding tert-OH is 2. The lowest BCUT2D eigenvalue weighted by Gasteiger charge is -2.17. The van der Waals surface area contributed by atoms with Gasteiger partial charge in [0.2, 0.25) is 0 Å². The van der Waals surface area contributed by atoms with Crippen LogP contribution < -0.4 is 0 Å². The van der Waals surface area contributed by atoms with Crippen LogP contribution in [0, 0.1) is 5.92 Å². The Morgan fingerprint density at radius 2 is 1.74 bits per heavy atom. The summed E-state index contributed by atoms with van der Waals surface area (Å²) in [7, 11) is -1.88. The Labute approximate surface area is 163 Å². The maximum absolute atomic E-state index is 12.4. The summed E-state index contributed by atoms with van der Waals surface area (Å²) in [6.45, 7) is 0.229. The van der Waals surface area contributed by atoms with Crippen LogP contribution in [0.2, 0.25) is 0 Å². The van der Waals surface area contributed by atoms with Gasteiger partial charge in [-0.15, -0.1) is 0 Å². The van der Waals surface area contributed by atoms with Gasteiger partial charge in [-0.05, 0) is 32.1 Å². The molecule has 158 valence electrons. The number of sulfone groups is 1. The molecule has 0 aromatic heterocycles. The zero-order valence-electron chi connectivity index (χ0n) is 16.5. The van der Waals surface area contributed by atoms with Gasteiger partial charge in [-0.1, -0.05) is 44.3 Å². The molecule has 1 rings (SSSR count). The smallest absolute Gasteiger partial charge is 0.305 e. The molecule has 1 aliphatic heterocycles. The van der Waals surface area contributed by atoms with Crippen molar-refractivity contribution in [1.82, 2.24) is 0 Å². The van der Waals surface area contributed by atoms with E-state index in [1.54, 1.807) is 0 Å². The molecule has 3 atom stereocenters. The van der Waals surface area contributed by atoms with E-state index in [2.05, 4.69) is 4.74 Å². The molecule has 27 heavy (non-hydrogen) atoms. The van der Waals surface area contributed by atoms with Crippen molar-refractivity contribution in [3.63, 3.8) is 0 Å². The predicted octanol–water partition coefficient (Wildman–Crippen LogP) is 2.77. The third-order valence-electron chi connectivity index (χ3n) is 5.22. The van der Waals surface area contributed by atoms with Crippen molar-refractivity contribution in [2.45, 2.75) is 82.0 Å². The van der Waals surface area contributed by atoms with Gasteiger partial charge in [0.25, 0.3) is 0 Å². The minimum atomic E-state index is -3.25. The quantitative estimate of drug-likeness (QED) is 0.262. The molecule has 1 fully saturated rings. The number of carbonyl (C=O) groups is 1. The van der Waals surface area contributed by atoms with Crippen molar-refractivity contribution >= 4 is 15.8 Å². The number of aliphatic hydroxyl groups is 2. The van der Waals surface area contributed by atoms with Gasteiger partial charge >= 0.3 is 5.97 Å². The van der Waals surface area contributed by atoms with Crippen LogP contribution in [0.25, 0.3) is 0 Å². The number of unbranched alkanes of at least 4 members (excludes halogenated alkanes) is 7. The van der Waals surface area contributed by atoms with E-state index >= 15 is 0 Å². The highest BCUT2D eigenvalue weighted by Crippen LogP contribution is 2.32. The van der Waals surface area contributed by atoms with E-state index in [1.165, 1.54) is 7.11 Å². The van der Waals surface area contributed by atoms with Gasteiger partial charge < -0.3 is 14.9 Å². The van der Waals surface area contributed by atoms with Gasteiger partial charge in [-0.2, -0.15) is 0 Å². The topological polar surface area (TPSA) is 101 Å². The molecule has 0 radical (unpaired) electrons. The van der Waals surface area contributed by atoms with Crippen molar-refractivity contribution in [3.05, 3.63) is 12.2 Å². The second-order valence-electron chi connectivity index (χ2n) is 7.40. The Balaban J connectivity index is 2.38. The molecular formula is C20H36O6S. The minimum absolute atomic E-state index is 0.147. The lowest BCUT2D eigenvalue weighted by molar-refractivity contribution is -0.140. The van der Waals surface area contributed by atoms with Crippen molar-refractivity contribution in [3.8, 4) is 0 Å². The summed E-state index contributed by atoms with van der Waals surface area (Å²) in [4.78, 5) is 11.1. The van der Waals surface area contributed by atoms with Crippen molar-refractivity contribution < 1.29 is 28.2 Å². The summed E-state index contributed by atoms with van der Waals surface area (Å²) < 4.78 is 29.3. The first-order valence-electron chi connectivity index (χ1n) is 10.2. The molecule has 7 heteroatoms. The first-order valence-corrected chi connectivity index (χ1v) is 11.9. The minimum Gasteiger partial charge on any atom is -0.469 e. The Kier molecular flexibility index (Phi) is 11.9. The van der Waals surface area contributed by atoms with E-state index in [-0.39, 0.29) is 24.2 Å². The highest BCUT2D eigenvalue weighted by molar-refractivity contribution is 7.92. The summed E-state index contributed by atoms with van der Waals surface area (Å²) in [6, 6.07) is 0. The van der Waals surface area contributed by atoms with Crippen LogP contribution in [0.5, 0.6) is 0 Å². The summed E-state index contributed by atoms with van der Waals surface area (Å²) in [5.74, 6) is -0.675. The Morgan fingerprint density at radius 3 is 2.44 bits per heavy atom. The highest BCUT2D eigenvalue weighted by Gasteiger charge is 2.44. The molecule has 0 saturated carbocycles. The van der Waals surface area contributed by atoms with E-state index in [0.717, 1.165) is 57.8 Å². The fourth-order valence-electron chi connectivity index (χ4n) is 3.64. The summed E-state index contributed by atoms with van der Waals surface area (Å²) >= 11 is 0. The number of esters is 1. The van der Waals surface area contributed by atoms with Gasteiger partial charge in [0, 0.05) is 18.9 Å². The molecule has 0 aliphatic carbocycles. The molecule has 2 N–H and O–H groups in total. The molecule has 0 spiro atoms. The van der Waals surface area contributed by atoms with Crippen LogP contribution in [-0.4, -0.2) is 55.4 Å². The number of rotatable bonds is 14. The molecule has 6 nitrogen and oxygen atoms in total. The summed E-state index contributed by atoms with van der Waals surface area (Å²) in [6.07, 6.45) is 12.1. The number of carbonyl (C=O) groups excluding carboxylic acids is 1. The van der Waals surface area contributed by atoms with Crippen LogP contribution in [0.15, 0.2) is 12.2 Å². The first-order chi connectivity index (χ1) is 12.9. The largest absolute Gasteiger partial charge is 0.469 e. The Hall–Kier alpha value is -0.920. The third-order valence-corrected chi connectivity index (χ3v) is 7.50. The van der Waals surface area contributed by atoms with E-state index in [1.807, 2.05) is 12.2 Å². The second-order valence-corrected chi connectivity index (χ2v) is 9.66. The third kappa shape index (κ3) is 9.21. The van der Waals surface area contributed by atoms with Crippen LogP contribution in [0.4, 0.5) is 0 Å². The lowest BCUT2D eigenvalue weighted by atomic mass is 9.94. The second kappa shape index (κ2) is 13.3. The van der Waals surface area contributed by atoms with Gasteiger partial charge in [0.05, 0.1) is 24.2 Å². The maximum Gasteiger partial charge on any atom is 0.305 e. The van der Waals surface area contributed by atoms with Gasteiger partial charge in [0.1, 0.15) is 0 Å². The van der Waals surface area contributed by atoms with Crippen LogP contribution in [0.1, 0.15) is 70.6 Å². The van der Waals surface area contributed by atoms with Crippen molar-refractivity contribution in [2.24, 2.45) is 5.92 Å². The normalized spacial score (nSPS) is 24.5. The van der Waals surface area contributed by atoms with Crippen molar-refractivity contribution in [2.75, 3.05) is 19.5 Å². The van der Waals surface area contributed by atoms with Crippen LogP contribution in [-0.2, 0) is 19.4 Å². The maximum atomic E-state index is 12.4. The fraction of sp³-hybridized carbons (Fsp3) is 0.850. The standard InChI is InChI=1S/C20H36O6S/c1-26-20(23)14-10-6-5-9-13-19-17(18(22)16-27(19,24)25)12-8-4-2-3-7-11-15-21/h8,12,17-19,21-22H,2-7,9-11,13-16H2,1H3/t17-,18-,19-/m0/s1. The number of hydrogen-bond acceptors (Lipinski definition) is 6. The number of methoxy groups -OCH3 is 1. The van der Waals surface area contributed by atoms with E-state index in [9.17, 15) is 18.3 Å². The molecule has 0 aromatic rings. The Bertz CT molecular complexity index is 543. The number of allylic oxidation sites excluding steroid dienone is 1. The van der Waals surface area contributed by atoms with Gasteiger partial charge in [-0.25, -0.2) is 8.42 Å². The molecule has 0 aromatic carbocycles. The molecule has 0 amide bonds. The monoisotopic (exact) mass is 404 g/mol. The van der Waals surface area contributed by atoms with E-state index < -0.39 is 21.2 Å². The van der Waals surface area contributed by atoms with Gasteiger partial charge in [0.15, 0.2) is 9.84 Å². The molecule has 1 heterocycles. The summed E-state index contributed by atoms with van der Waals surface area (Å²) in [5, 5.41) is 18.4. The molecule has 1 aliphatic rings. The molecule has 0 unspecified atom stereocenters. The average molecular weight is 405 g/mol. The van der Waals surface area contributed by atoms with Crippen molar-refractivity contribution in [1.29, 1.82) is 0 Å². The summed E-state index contributed by atoms with van der Waals surface area (Å²) in [5.41, 5.74) is 0. The number of hydrogen-bond donors (Lipinski definition) is 2.